The van der Waals surface area contributed by atoms with Crippen LogP contribution in [0.4, 0.5) is 8.78 Å². The van der Waals surface area contributed by atoms with E-state index in [1.807, 2.05) is 48.5 Å². The van der Waals surface area contributed by atoms with E-state index >= 15 is 0 Å². The predicted molar refractivity (Wildman–Crippen MR) is 174 cm³/mol. The predicted octanol–water partition coefficient (Wildman–Crippen LogP) is 10.4. The third kappa shape index (κ3) is 5.12. The normalized spacial score (nSPS) is 11.3. The van der Waals surface area contributed by atoms with E-state index in [0.717, 1.165) is 49.8 Å². The Morgan fingerprint density at radius 2 is 0.800 bits per heavy atom. The highest BCUT2D eigenvalue weighted by Gasteiger charge is 2.14. The average molecular weight is 588 g/mol. The summed E-state index contributed by atoms with van der Waals surface area (Å²) < 4.78 is 33.5. The number of nitrogens with zero attached hydrogens (tertiary/aromatic N) is 3. The molecule has 0 radical (unpaired) electrons. The molecule has 214 valence electrons. The SMILES string of the molecule is Fc1ccc(-c2nc(-c3ccc(F)cc3)nc(-c3cccc(-c4cccc(-c5ccc6c(c5)oc5ccccc56)c4)c3)n2)cc1. The summed E-state index contributed by atoms with van der Waals surface area (Å²) in [5.41, 5.74) is 7.96. The van der Waals surface area contributed by atoms with Gasteiger partial charge >= 0.3 is 0 Å². The maximum Gasteiger partial charge on any atom is 0.164 e. The first-order chi connectivity index (χ1) is 22.1. The fourth-order valence-corrected chi connectivity index (χ4v) is 5.58. The van der Waals surface area contributed by atoms with Gasteiger partial charge in [0.15, 0.2) is 17.5 Å². The van der Waals surface area contributed by atoms with Gasteiger partial charge in [-0.15, -0.1) is 0 Å². The lowest BCUT2D eigenvalue weighted by molar-refractivity contribution is 0.627. The number of fused-ring (bicyclic) bond motifs is 3. The maximum absolute atomic E-state index is 13.7. The first-order valence-corrected chi connectivity index (χ1v) is 14.5. The molecule has 0 aliphatic carbocycles. The Morgan fingerprint density at radius 3 is 1.40 bits per heavy atom. The van der Waals surface area contributed by atoms with Gasteiger partial charge in [-0.2, -0.15) is 0 Å². The molecule has 4 nitrogen and oxygen atoms in total. The number of para-hydroxylation sites is 1. The Kier molecular flexibility index (Phi) is 6.46. The summed E-state index contributed by atoms with van der Waals surface area (Å²) in [6, 6.07) is 42.8. The van der Waals surface area contributed by atoms with Crippen molar-refractivity contribution in [2.75, 3.05) is 0 Å². The van der Waals surface area contributed by atoms with E-state index in [0.29, 0.717) is 28.6 Å². The van der Waals surface area contributed by atoms with Crippen molar-refractivity contribution < 1.29 is 13.2 Å². The molecule has 8 rings (SSSR count). The molecular weight excluding hydrogens is 564 g/mol. The Morgan fingerprint density at radius 1 is 0.356 bits per heavy atom. The van der Waals surface area contributed by atoms with Gasteiger partial charge in [0.05, 0.1) is 0 Å². The summed E-state index contributed by atoms with van der Waals surface area (Å²) >= 11 is 0. The van der Waals surface area contributed by atoms with E-state index in [4.69, 9.17) is 14.4 Å². The highest BCUT2D eigenvalue weighted by Crippen LogP contribution is 2.34. The van der Waals surface area contributed by atoms with Crippen LogP contribution in [0, 0.1) is 11.6 Å². The maximum atomic E-state index is 13.7. The summed E-state index contributed by atoms with van der Waals surface area (Å²) in [6.07, 6.45) is 0. The third-order valence-electron chi connectivity index (χ3n) is 7.87. The highest BCUT2D eigenvalue weighted by molar-refractivity contribution is 6.05. The van der Waals surface area contributed by atoms with Crippen LogP contribution in [0.2, 0.25) is 0 Å². The van der Waals surface area contributed by atoms with Gasteiger partial charge in [0, 0.05) is 27.5 Å². The van der Waals surface area contributed by atoms with Crippen molar-refractivity contribution in [1.29, 1.82) is 0 Å². The van der Waals surface area contributed by atoms with Gasteiger partial charge < -0.3 is 4.42 Å². The molecule has 45 heavy (non-hydrogen) atoms. The van der Waals surface area contributed by atoms with Crippen LogP contribution in [0.25, 0.3) is 78.4 Å². The summed E-state index contributed by atoms with van der Waals surface area (Å²) in [5, 5.41) is 2.20. The van der Waals surface area contributed by atoms with E-state index in [1.165, 1.54) is 24.3 Å². The standard InChI is InChI=1S/C39H23F2N3O/c40-31-16-11-24(12-17-31)37-42-38(25-13-18-32(41)19-14-25)44-39(43-37)30-8-4-7-28(22-30)26-5-3-6-27(21-26)29-15-20-34-33-9-1-2-10-35(33)45-36(34)23-29/h1-23H. The van der Waals surface area contributed by atoms with Crippen LogP contribution in [-0.2, 0) is 0 Å². The molecular formula is C39H23F2N3O. The minimum absolute atomic E-state index is 0.348. The van der Waals surface area contributed by atoms with Crippen LogP contribution in [0.1, 0.15) is 0 Å². The number of benzene rings is 6. The molecule has 2 aromatic heterocycles. The summed E-state index contributed by atoms with van der Waals surface area (Å²) in [5.74, 6) is 0.552. The molecule has 0 aliphatic rings. The van der Waals surface area contributed by atoms with Crippen molar-refractivity contribution in [1.82, 2.24) is 15.0 Å². The molecule has 6 aromatic carbocycles. The first kappa shape index (κ1) is 26.6. The van der Waals surface area contributed by atoms with Gasteiger partial charge in [0.25, 0.3) is 0 Å². The van der Waals surface area contributed by atoms with Gasteiger partial charge in [-0.1, -0.05) is 60.7 Å². The molecule has 0 atom stereocenters. The van der Waals surface area contributed by atoms with E-state index in [9.17, 15) is 8.78 Å². The van der Waals surface area contributed by atoms with Crippen LogP contribution in [0.5, 0.6) is 0 Å². The summed E-state index contributed by atoms with van der Waals surface area (Å²) in [7, 11) is 0. The number of hydrogen-bond acceptors (Lipinski definition) is 4. The average Bonchev–Trinajstić information content (AvgIpc) is 3.47. The van der Waals surface area contributed by atoms with Crippen molar-refractivity contribution in [3.8, 4) is 56.4 Å². The Balaban J connectivity index is 1.19. The Hall–Kier alpha value is -6.01. The highest BCUT2D eigenvalue weighted by atomic mass is 19.1. The minimum atomic E-state index is -0.348. The molecule has 0 N–H and O–H groups in total. The molecule has 0 unspecified atom stereocenters. The lowest BCUT2D eigenvalue weighted by atomic mass is 9.97. The molecule has 6 heteroatoms. The molecule has 0 fully saturated rings. The molecule has 8 aromatic rings. The monoisotopic (exact) mass is 587 g/mol. The first-order valence-electron chi connectivity index (χ1n) is 14.5. The number of furan rings is 1. The van der Waals surface area contributed by atoms with Crippen molar-refractivity contribution in [2.24, 2.45) is 0 Å². The zero-order chi connectivity index (χ0) is 30.3. The Bertz CT molecular complexity index is 2280. The molecule has 0 bridgehead atoms. The van der Waals surface area contributed by atoms with Gasteiger partial charge in [0.1, 0.15) is 22.8 Å². The van der Waals surface area contributed by atoms with Gasteiger partial charge in [-0.05, 0) is 101 Å². The number of hydrogen-bond donors (Lipinski definition) is 0. The van der Waals surface area contributed by atoms with Crippen molar-refractivity contribution in [3.05, 3.63) is 151 Å². The van der Waals surface area contributed by atoms with Crippen molar-refractivity contribution in [2.45, 2.75) is 0 Å². The lowest BCUT2D eigenvalue weighted by Crippen LogP contribution is -2.00. The fourth-order valence-electron chi connectivity index (χ4n) is 5.58. The topological polar surface area (TPSA) is 51.8 Å². The number of halogens is 2. The largest absolute Gasteiger partial charge is 0.456 e. The zero-order valence-corrected chi connectivity index (χ0v) is 23.8. The smallest absolute Gasteiger partial charge is 0.164 e. The van der Waals surface area contributed by atoms with Crippen LogP contribution < -0.4 is 0 Å². The van der Waals surface area contributed by atoms with Crippen molar-refractivity contribution >= 4 is 21.9 Å². The second kappa shape index (κ2) is 10.9. The van der Waals surface area contributed by atoms with E-state index in [2.05, 4.69) is 47.4 Å². The number of aromatic nitrogens is 3. The quantitative estimate of drug-likeness (QED) is 0.201. The third-order valence-corrected chi connectivity index (χ3v) is 7.87. The van der Waals surface area contributed by atoms with E-state index < -0.39 is 0 Å². The summed E-state index contributed by atoms with van der Waals surface area (Å²) in [4.78, 5) is 14.2. The molecule has 0 amide bonds. The zero-order valence-electron chi connectivity index (χ0n) is 23.8. The van der Waals surface area contributed by atoms with Crippen LogP contribution in [0.15, 0.2) is 144 Å². The minimum Gasteiger partial charge on any atom is -0.456 e. The summed E-state index contributed by atoms with van der Waals surface area (Å²) in [6.45, 7) is 0. The van der Waals surface area contributed by atoms with Crippen molar-refractivity contribution in [3.63, 3.8) is 0 Å². The second-order valence-corrected chi connectivity index (χ2v) is 10.8. The van der Waals surface area contributed by atoms with E-state index in [-0.39, 0.29) is 11.6 Å². The number of rotatable bonds is 5. The molecule has 0 saturated heterocycles. The molecule has 0 aliphatic heterocycles. The van der Waals surface area contributed by atoms with Gasteiger partial charge in [0.2, 0.25) is 0 Å². The van der Waals surface area contributed by atoms with Crippen LogP contribution in [0.3, 0.4) is 0 Å². The van der Waals surface area contributed by atoms with Crippen LogP contribution in [-0.4, -0.2) is 15.0 Å². The van der Waals surface area contributed by atoms with E-state index in [1.54, 1.807) is 24.3 Å². The molecule has 0 spiro atoms. The van der Waals surface area contributed by atoms with Gasteiger partial charge in [-0.25, -0.2) is 23.7 Å². The van der Waals surface area contributed by atoms with Crippen LogP contribution >= 0.6 is 0 Å². The molecule has 0 saturated carbocycles. The fraction of sp³-hybridized carbons (Fsp3) is 0. The Labute approximate surface area is 257 Å². The molecule has 2 heterocycles. The van der Waals surface area contributed by atoms with Gasteiger partial charge in [-0.3, -0.25) is 0 Å². The second-order valence-electron chi connectivity index (χ2n) is 10.8. The lowest BCUT2D eigenvalue weighted by Gasteiger charge is -2.10.